The van der Waals surface area contributed by atoms with Crippen LogP contribution >= 0.6 is 11.6 Å². The van der Waals surface area contributed by atoms with Gasteiger partial charge in [-0.1, -0.05) is 35.9 Å². The molecule has 0 atom stereocenters. The zero-order valence-corrected chi connectivity index (χ0v) is 15.8. The third-order valence-electron chi connectivity index (χ3n) is 4.11. The number of allylic oxidation sites excluding steroid dienone is 2. The predicted octanol–water partition coefficient (Wildman–Crippen LogP) is 2.97. The fourth-order valence-electron chi connectivity index (χ4n) is 2.68. The number of carbonyl (C=O) groups excluding carboxylic acids is 2. The van der Waals surface area contributed by atoms with Crippen LogP contribution in [0.15, 0.2) is 65.3 Å². The number of non-ortho nitro benzene ring substituents is 1. The van der Waals surface area contributed by atoms with E-state index < -0.39 is 16.8 Å². The van der Waals surface area contributed by atoms with Gasteiger partial charge in [0.1, 0.15) is 0 Å². The molecule has 1 heterocycles. The zero-order chi connectivity index (χ0) is 21.1. The summed E-state index contributed by atoms with van der Waals surface area (Å²) in [5, 5.41) is 27.2. The number of carboxylic acid groups (broad SMARTS) is 1. The SMILES string of the molecule is CC1=NN(c2ccc(Cl)c(C(=O)[O-])c2)C(=O)C1=CC=Cc1cccc([N+](=O)[O-])c1. The molecule has 2 aromatic carbocycles. The number of rotatable bonds is 5. The molecule has 0 saturated heterocycles. The highest BCUT2D eigenvalue weighted by Gasteiger charge is 2.28. The standard InChI is InChI=1S/C20H14ClN3O5/c1-12-16(7-3-5-13-4-2-6-15(10-13)24(28)29)19(25)23(22-12)14-8-9-18(21)17(11-14)20(26)27/h2-11H,1H3,(H,26,27)/p-1. The van der Waals surface area contributed by atoms with Crippen LogP contribution in [-0.2, 0) is 4.79 Å². The van der Waals surface area contributed by atoms with Crippen molar-refractivity contribution in [1.82, 2.24) is 0 Å². The summed E-state index contributed by atoms with van der Waals surface area (Å²) in [5.74, 6) is -1.90. The van der Waals surface area contributed by atoms with Gasteiger partial charge in [-0.05, 0) is 36.8 Å². The highest BCUT2D eigenvalue weighted by Crippen LogP contribution is 2.27. The van der Waals surface area contributed by atoms with E-state index in [0.717, 1.165) is 5.01 Å². The van der Waals surface area contributed by atoms with Gasteiger partial charge < -0.3 is 9.90 Å². The summed E-state index contributed by atoms with van der Waals surface area (Å²) in [4.78, 5) is 34.2. The minimum atomic E-state index is -1.46. The number of halogens is 1. The van der Waals surface area contributed by atoms with Crippen molar-refractivity contribution in [3.05, 3.63) is 86.5 Å². The Morgan fingerprint density at radius 3 is 2.69 bits per heavy atom. The largest absolute Gasteiger partial charge is 0.545 e. The number of hydrazone groups is 1. The molecule has 1 aliphatic heterocycles. The van der Waals surface area contributed by atoms with Gasteiger partial charge in [0.2, 0.25) is 0 Å². The van der Waals surface area contributed by atoms with E-state index in [2.05, 4.69) is 5.10 Å². The Labute approximate surface area is 170 Å². The van der Waals surface area contributed by atoms with Crippen LogP contribution in [0.4, 0.5) is 11.4 Å². The van der Waals surface area contributed by atoms with E-state index >= 15 is 0 Å². The second kappa shape index (κ2) is 8.07. The average molecular weight is 411 g/mol. The number of carboxylic acids is 1. The lowest BCUT2D eigenvalue weighted by molar-refractivity contribution is -0.384. The maximum absolute atomic E-state index is 12.7. The maximum Gasteiger partial charge on any atom is 0.280 e. The maximum atomic E-state index is 12.7. The molecule has 0 aromatic heterocycles. The van der Waals surface area contributed by atoms with Crippen molar-refractivity contribution in [2.45, 2.75) is 6.92 Å². The third kappa shape index (κ3) is 4.22. The summed E-state index contributed by atoms with van der Waals surface area (Å²) < 4.78 is 0. The van der Waals surface area contributed by atoms with Gasteiger partial charge in [0.15, 0.2) is 0 Å². The van der Waals surface area contributed by atoms with Crippen LogP contribution in [0, 0.1) is 10.1 Å². The van der Waals surface area contributed by atoms with Crippen molar-refractivity contribution in [2.24, 2.45) is 5.10 Å². The minimum Gasteiger partial charge on any atom is -0.545 e. The van der Waals surface area contributed by atoms with Gasteiger partial charge in [0.05, 0.1) is 27.9 Å². The molecule has 146 valence electrons. The number of benzene rings is 2. The molecule has 29 heavy (non-hydrogen) atoms. The first kappa shape index (κ1) is 20.0. The second-order valence-electron chi connectivity index (χ2n) is 6.05. The van der Waals surface area contributed by atoms with Gasteiger partial charge >= 0.3 is 0 Å². The lowest BCUT2D eigenvalue weighted by Gasteiger charge is -2.14. The van der Waals surface area contributed by atoms with Crippen LogP contribution < -0.4 is 10.1 Å². The van der Waals surface area contributed by atoms with Gasteiger partial charge in [0, 0.05) is 22.7 Å². The number of nitro benzene ring substituents is 1. The van der Waals surface area contributed by atoms with Crippen molar-refractivity contribution < 1.29 is 19.6 Å². The normalized spacial score (nSPS) is 15.2. The molecular weight excluding hydrogens is 398 g/mol. The van der Waals surface area contributed by atoms with Gasteiger partial charge in [-0.15, -0.1) is 0 Å². The van der Waals surface area contributed by atoms with E-state index in [0.29, 0.717) is 16.8 Å². The first-order valence-electron chi connectivity index (χ1n) is 8.31. The highest BCUT2D eigenvalue weighted by molar-refractivity contribution is 6.34. The Kier molecular flexibility index (Phi) is 5.56. The minimum absolute atomic E-state index is 0.00301. The van der Waals surface area contributed by atoms with Crippen LogP contribution in [0.25, 0.3) is 6.08 Å². The van der Waals surface area contributed by atoms with E-state index in [9.17, 15) is 24.8 Å². The summed E-state index contributed by atoms with van der Waals surface area (Å²) >= 11 is 5.83. The zero-order valence-electron chi connectivity index (χ0n) is 15.0. The Morgan fingerprint density at radius 2 is 2.00 bits per heavy atom. The Balaban J connectivity index is 1.85. The average Bonchev–Trinajstić information content (AvgIpc) is 2.96. The van der Waals surface area contributed by atoms with Crippen molar-refractivity contribution in [3.63, 3.8) is 0 Å². The van der Waals surface area contributed by atoms with Crippen LogP contribution in [0.3, 0.4) is 0 Å². The molecule has 0 saturated carbocycles. The smallest absolute Gasteiger partial charge is 0.280 e. The number of aromatic carboxylic acids is 1. The predicted molar refractivity (Wildman–Crippen MR) is 107 cm³/mol. The number of hydrogen-bond acceptors (Lipinski definition) is 6. The molecule has 0 spiro atoms. The number of nitro groups is 1. The molecule has 2 aromatic rings. The Hall–Kier alpha value is -3.78. The molecule has 8 nitrogen and oxygen atoms in total. The lowest BCUT2D eigenvalue weighted by Crippen LogP contribution is -2.25. The van der Waals surface area contributed by atoms with Gasteiger partial charge in [-0.2, -0.15) is 10.1 Å². The number of hydrogen-bond donors (Lipinski definition) is 0. The number of carbonyl (C=O) groups is 2. The van der Waals surface area contributed by atoms with E-state index in [1.807, 2.05) is 0 Å². The molecular formula is C20H13ClN3O5-. The van der Waals surface area contributed by atoms with Crippen molar-refractivity contribution in [1.29, 1.82) is 0 Å². The quantitative estimate of drug-likeness (QED) is 0.426. The highest BCUT2D eigenvalue weighted by atomic mass is 35.5. The summed E-state index contributed by atoms with van der Waals surface area (Å²) in [6.07, 6.45) is 4.75. The van der Waals surface area contributed by atoms with Crippen LogP contribution in [0.1, 0.15) is 22.8 Å². The molecule has 0 unspecified atom stereocenters. The van der Waals surface area contributed by atoms with Crippen molar-refractivity contribution in [3.8, 4) is 0 Å². The molecule has 0 fully saturated rings. The van der Waals surface area contributed by atoms with E-state index in [4.69, 9.17) is 11.6 Å². The van der Waals surface area contributed by atoms with Crippen LogP contribution in [0.5, 0.6) is 0 Å². The molecule has 1 aliphatic rings. The molecule has 3 rings (SSSR count). The fourth-order valence-corrected chi connectivity index (χ4v) is 2.88. The van der Waals surface area contributed by atoms with E-state index in [1.54, 1.807) is 31.2 Å². The summed E-state index contributed by atoms with van der Waals surface area (Å²) in [6, 6.07) is 10.1. The van der Waals surface area contributed by atoms with Gasteiger partial charge in [0.25, 0.3) is 11.6 Å². The molecule has 1 amide bonds. The van der Waals surface area contributed by atoms with Gasteiger partial charge in [-0.3, -0.25) is 14.9 Å². The topological polar surface area (TPSA) is 116 Å². The third-order valence-corrected chi connectivity index (χ3v) is 4.44. The summed E-state index contributed by atoms with van der Waals surface area (Å²) in [5.41, 5.74) is 1.30. The van der Waals surface area contributed by atoms with E-state index in [1.165, 1.54) is 36.4 Å². The summed E-state index contributed by atoms with van der Waals surface area (Å²) in [6.45, 7) is 1.64. The van der Waals surface area contributed by atoms with Crippen molar-refractivity contribution >= 4 is 46.6 Å². The van der Waals surface area contributed by atoms with Crippen LogP contribution in [0.2, 0.25) is 5.02 Å². The van der Waals surface area contributed by atoms with E-state index in [-0.39, 0.29) is 22.0 Å². The Morgan fingerprint density at radius 1 is 1.24 bits per heavy atom. The Bertz CT molecular complexity index is 1120. The molecule has 0 radical (unpaired) electrons. The molecule has 0 N–H and O–H groups in total. The van der Waals surface area contributed by atoms with Gasteiger partial charge in [-0.25, -0.2) is 0 Å². The number of anilines is 1. The second-order valence-corrected chi connectivity index (χ2v) is 6.45. The van der Waals surface area contributed by atoms with Crippen molar-refractivity contribution in [2.75, 3.05) is 5.01 Å². The summed E-state index contributed by atoms with van der Waals surface area (Å²) in [7, 11) is 0. The monoisotopic (exact) mass is 410 g/mol. The van der Waals surface area contributed by atoms with Crippen LogP contribution in [-0.4, -0.2) is 22.5 Å². The number of nitrogens with zero attached hydrogens (tertiary/aromatic N) is 3. The molecule has 0 bridgehead atoms. The first-order valence-corrected chi connectivity index (χ1v) is 8.69. The molecule has 0 aliphatic carbocycles. The fraction of sp³-hybridized carbons (Fsp3) is 0.0500. The lowest BCUT2D eigenvalue weighted by atomic mass is 10.1. The molecule has 9 heteroatoms. The number of amides is 1. The first-order chi connectivity index (χ1) is 13.8.